The highest BCUT2D eigenvalue weighted by atomic mass is 28.3. The molecule has 4 fully saturated rings. The van der Waals surface area contributed by atoms with Crippen molar-refractivity contribution >= 4 is 18.4 Å². The number of benzene rings is 4. The molecule has 4 aromatic rings. The van der Waals surface area contributed by atoms with Crippen molar-refractivity contribution in [1.82, 2.24) is 0 Å². The summed E-state index contributed by atoms with van der Waals surface area (Å²) in [5, 5.41) is 3.06. The Labute approximate surface area is 349 Å². The fourth-order valence-electron chi connectivity index (χ4n) is 14.3. The summed E-state index contributed by atoms with van der Waals surface area (Å²) in [5.74, 6) is 6.92. The third kappa shape index (κ3) is 7.74. The predicted molar refractivity (Wildman–Crippen MR) is 248 cm³/mol. The van der Waals surface area contributed by atoms with Crippen LogP contribution in [0.5, 0.6) is 0 Å². The van der Waals surface area contributed by atoms with Gasteiger partial charge in [-0.05, 0) is 145 Å². The smallest absolute Gasteiger partial charge is 0.100 e. The molecule has 0 nitrogen and oxygen atoms in total. The number of hydrogen-bond acceptors (Lipinski definition) is 0. The Morgan fingerprint density at radius 3 is 1.33 bits per heavy atom. The second-order valence-corrected chi connectivity index (χ2v) is 26.3. The molecule has 0 saturated heterocycles. The Hall–Kier alpha value is -3.16. The van der Waals surface area contributed by atoms with Gasteiger partial charge in [-0.2, -0.15) is 0 Å². The lowest BCUT2D eigenvalue weighted by atomic mass is 9.50. The molecule has 4 aliphatic rings. The Morgan fingerprint density at radius 1 is 0.509 bits per heavy atom. The van der Waals surface area contributed by atoms with Crippen molar-refractivity contribution in [2.75, 3.05) is 0 Å². The van der Waals surface area contributed by atoms with Crippen LogP contribution in [-0.4, -0.2) is 8.07 Å². The quantitative estimate of drug-likeness (QED) is 0.111. The molecule has 0 spiro atoms. The minimum absolute atomic E-state index is 0.0117. The maximum Gasteiger partial charge on any atom is 0.119 e. The molecule has 0 amide bonds. The Kier molecular flexibility index (Phi) is 11.5. The summed E-state index contributed by atoms with van der Waals surface area (Å²) in [6.45, 7) is 22.8. The standard InChI is InChI=1S/C56H74Si/c1-40(39-57(8,47-25-17-11-18-26-47)48-27-19-12-20-28-48)35-41-29-30-46(36-41)56(42-21-13-9-14-22-42,43-23-15-10-16-24-43)53-51-37-44(54(2,3)4)31-33-49(51)50-34-32-45(38-52(50)53)55(5,6)7/h9-28,41,44-46,49-53H,1,29-39H2,2-8H3. The first kappa shape index (κ1) is 40.6. The highest BCUT2D eigenvalue weighted by molar-refractivity contribution is 7.01. The highest BCUT2D eigenvalue weighted by Crippen LogP contribution is 2.69. The summed E-state index contributed by atoms with van der Waals surface area (Å²) in [5.41, 5.74) is 5.44. The van der Waals surface area contributed by atoms with Gasteiger partial charge in [0.15, 0.2) is 0 Å². The van der Waals surface area contributed by atoms with Crippen molar-refractivity contribution < 1.29 is 0 Å². The zero-order valence-corrected chi connectivity index (χ0v) is 37.7. The van der Waals surface area contributed by atoms with Crippen LogP contribution in [0.15, 0.2) is 133 Å². The zero-order valence-electron chi connectivity index (χ0n) is 36.7. The van der Waals surface area contributed by atoms with E-state index in [1.807, 2.05) is 0 Å². The molecule has 0 N–H and O–H groups in total. The van der Waals surface area contributed by atoms with Gasteiger partial charge in [0.1, 0.15) is 8.07 Å². The topological polar surface area (TPSA) is 0 Å². The maximum atomic E-state index is 4.94. The highest BCUT2D eigenvalue weighted by Gasteiger charge is 2.63. The van der Waals surface area contributed by atoms with Crippen molar-refractivity contribution in [2.45, 2.75) is 124 Å². The molecule has 8 rings (SSSR count). The van der Waals surface area contributed by atoms with Crippen LogP contribution >= 0.6 is 0 Å². The summed E-state index contributed by atoms with van der Waals surface area (Å²) >= 11 is 0. The lowest BCUT2D eigenvalue weighted by molar-refractivity contribution is 0.0421. The van der Waals surface area contributed by atoms with E-state index >= 15 is 0 Å². The molecule has 4 saturated carbocycles. The SMILES string of the molecule is C=C(CC1CCC(C(c2ccccc2)(c2ccccc2)C2C3CC(C(C)(C)C)CCC3C3CCC(C(C)(C)C)CC32)C1)C[Si](C)(c1ccccc1)c1ccccc1. The molecule has 8 unspecified atom stereocenters. The van der Waals surface area contributed by atoms with E-state index in [0.29, 0.717) is 28.6 Å². The summed E-state index contributed by atoms with van der Waals surface area (Å²) in [6, 6.07) is 48.3. The summed E-state index contributed by atoms with van der Waals surface area (Å²) in [6.07, 6.45) is 13.7. The average molecular weight is 775 g/mol. The summed E-state index contributed by atoms with van der Waals surface area (Å²) in [7, 11) is -2.00. The predicted octanol–water partition coefficient (Wildman–Crippen LogP) is 14.0. The van der Waals surface area contributed by atoms with Gasteiger partial charge in [-0.15, -0.1) is 6.58 Å². The lowest BCUT2D eigenvalue weighted by Gasteiger charge is -2.53. The number of hydrogen-bond donors (Lipinski definition) is 0. The van der Waals surface area contributed by atoms with Crippen LogP contribution in [0.2, 0.25) is 12.6 Å². The van der Waals surface area contributed by atoms with Crippen LogP contribution in [-0.2, 0) is 5.41 Å². The van der Waals surface area contributed by atoms with Gasteiger partial charge in [-0.1, -0.05) is 185 Å². The van der Waals surface area contributed by atoms with Gasteiger partial charge in [0.2, 0.25) is 0 Å². The van der Waals surface area contributed by atoms with E-state index in [1.165, 1.54) is 80.2 Å². The monoisotopic (exact) mass is 775 g/mol. The fourth-order valence-corrected chi connectivity index (χ4v) is 18.0. The summed E-state index contributed by atoms with van der Waals surface area (Å²) < 4.78 is 0. The Bertz CT molecular complexity index is 1800. The van der Waals surface area contributed by atoms with Crippen LogP contribution in [0.4, 0.5) is 0 Å². The Morgan fingerprint density at radius 2 is 0.912 bits per heavy atom. The molecule has 0 aliphatic heterocycles. The second kappa shape index (κ2) is 16.1. The molecular formula is C56H74Si. The first-order valence-corrected chi connectivity index (χ1v) is 25.9. The minimum atomic E-state index is -2.00. The molecule has 0 heterocycles. The molecule has 0 aromatic heterocycles. The largest absolute Gasteiger partial charge is 0.119 e. The van der Waals surface area contributed by atoms with Gasteiger partial charge in [-0.25, -0.2) is 0 Å². The van der Waals surface area contributed by atoms with Gasteiger partial charge in [-0.3, -0.25) is 0 Å². The van der Waals surface area contributed by atoms with Crippen LogP contribution < -0.4 is 10.4 Å². The third-order valence-corrected chi connectivity index (χ3v) is 21.5. The van der Waals surface area contributed by atoms with Crippen molar-refractivity contribution in [3.63, 3.8) is 0 Å². The van der Waals surface area contributed by atoms with E-state index in [2.05, 4.69) is 169 Å². The van der Waals surface area contributed by atoms with Gasteiger partial charge in [0.25, 0.3) is 0 Å². The van der Waals surface area contributed by atoms with E-state index in [-0.39, 0.29) is 5.41 Å². The van der Waals surface area contributed by atoms with E-state index in [1.54, 1.807) is 11.1 Å². The average Bonchev–Trinajstić information content (AvgIpc) is 3.81. The van der Waals surface area contributed by atoms with Crippen LogP contribution in [0.3, 0.4) is 0 Å². The first-order valence-electron chi connectivity index (χ1n) is 23.2. The minimum Gasteiger partial charge on any atom is -0.100 e. The molecule has 8 atom stereocenters. The zero-order chi connectivity index (χ0) is 40.0. The van der Waals surface area contributed by atoms with E-state index in [4.69, 9.17) is 6.58 Å². The number of fused-ring (bicyclic) bond motifs is 3. The second-order valence-electron chi connectivity index (χ2n) is 22.1. The molecule has 0 radical (unpaired) electrons. The first-order chi connectivity index (χ1) is 27.3. The van der Waals surface area contributed by atoms with Crippen LogP contribution in [0.1, 0.15) is 117 Å². The van der Waals surface area contributed by atoms with Gasteiger partial charge >= 0.3 is 0 Å². The van der Waals surface area contributed by atoms with E-state index in [9.17, 15) is 0 Å². The van der Waals surface area contributed by atoms with Crippen LogP contribution in [0.25, 0.3) is 0 Å². The van der Waals surface area contributed by atoms with Crippen molar-refractivity contribution in [1.29, 1.82) is 0 Å². The molecule has 57 heavy (non-hydrogen) atoms. The lowest BCUT2D eigenvalue weighted by Crippen LogP contribution is -2.55. The maximum absolute atomic E-state index is 4.94. The van der Waals surface area contributed by atoms with Crippen molar-refractivity contribution in [3.05, 3.63) is 145 Å². The molecule has 0 bridgehead atoms. The molecule has 302 valence electrons. The fraction of sp³-hybridized carbons (Fsp3) is 0.536. The van der Waals surface area contributed by atoms with Crippen LogP contribution in [0, 0.1) is 64.1 Å². The normalized spacial score (nSPS) is 29.4. The van der Waals surface area contributed by atoms with Gasteiger partial charge in [0, 0.05) is 5.41 Å². The van der Waals surface area contributed by atoms with E-state index in [0.717, 1.165) is 41.6 Å². The summed E-state index contributed by atoms with van der Waals surface area (Å²) in [4.78, 5) is 0. The number of rotatable bonds is 10. The molecule has 4 aliphatic carbocycles. The van der Waals surface area contributed by atoms with Gasteiger partial charge in [0.05, 0.1) is 0 Å². The third-order valence-electron chi connectivity index (χ3n) is 17.0. The molecular weight excluding hydrogens is 701 g/mol. The van der Waals surface area contributed by atoms with Crippen molar-refractivity contribution in [2.24, 2.45) is 64.1 Å². The van der Waals surface area contributed by atoms with Crippen molar-refractivity contribution in [3.8, 4) is 0 Å². The van der Waals surface area contributed by atoms with Gasteiger partial charge < -0.3 is 0 Å². The molecule has 1 heteroatoms. The van der Waals surface area contributed by atoms with E-state index < -0.39 is 8.07 Å². The number of allylic oxidation sites excluding steroid dienone is 1. The Balaban J connectivity index is 1.19. The molecule has 4 aromatic carbocycles.